The van der Waals surface area contributed by atoms with E-state index in [-0.39, 0.29) is 5.82 Å². The third-order valence-electron chi connectivity index (χ3n) is 2.41. The Morgan fingerprint density at radius 1 is 1.39 bits per heavy atom. The van der Waals surface area contributed by atoms with Gasteiger partial charge >= 0.3 is 0 Å². The quantitative estimate of drug-likeness (QED) is 0.902. The Hall–Kier alpha value is -1.33. The fraction of sp³-hybridized carbons (Fsp3) is 0.385. The highest BCUT2D eigenvalue weighted by Crippen LogP contribution is 2.26. The monoisotopic (exact) mass is 265 g/mol. The van der Waals surface area contributed by atoms with Crippen LogP contribution in [0, 0.1) is 11.7 Å². The summed E-state index contributed by atoms with van der Waals surface area (Å²) in [5.41, 5.74) is 0.519. The van der Waals surface area contributed by atoms with Crippen molar-refractivity contribution in [2.75, 3.05) is 6.54 Å². The number of pyridine rings is 1. The minimum absolute atomic E-state index is 0.325. The summed E-state index contributed by atoms with van der Waals surface area (Å²) in [6, 6.07) is 1.65. The molecule has 3 nitrogen and oxygen atoms in total. The molecule has 2 aromatic rings. The summed E-state index contributed by atoms with van der Waals surface area (Å²) in [7, 11) is 0. The molecule has 2 aromatic heterocycles. The topological polar surface area (TPSA) is 37.8 Å². The molecule has 0 atom stereocenters. The van der Waals surface area contributed by atoms with E-state index in [1.54, 1.807) is 18.5 Å². The first-order valence-electron chi connectivity index (χ1n) is 5.92. The van der Waals surface area contributed by atoms with Gasteiger partial charge in [0.25, 0.3) is 0 Å². The van der Waals surface area contributed by atoms with Gasteiger partial charge in [-0.1, -0.05) is 13.8 Å². The number of aromatic nitrogens is 2. The first kappa shape index (κ1) is 13.1. The van der Waals surface area contributed by atoms with E-state index in [4.69, 9.17) is 0 Å². The molecule has 2 rings (SSSR count). The van der Waals surface area contributed by atoms with Crippen molar-refractivity contribution >= 4 is 11.3 Å². The van der Waals surface area contributed by atoms with Gasteiger partial charge in [-0.2, -0.15) is 0 Å². The Kier molecular flexibility index (Phi) is 4.38. The van der Waals surface area contributed by atoms with E-state index in [0.717, 1.165) is 18.0 Å². The molecule has 0 aliphatic rings. The van der Waals surface area contributed by atoms with Crippen molar-refractivity contribution in [3.8, 4) is 10.6 Å². The average Bonchev–Trinajstić information content (AvgIpc) is 2.78. The standard InChI is InChI=1S/C13H16FN3S/c1-9(2)5-16-6-10-7-17-13(18-10)11-3-4-15-8-12(11)14/h3-4,7-9,16H,5-6H2,1-2H3. The van der Waals surface area contributed by atoms with Crippen LogP contribution in [0.2, 0.25) is 0 Å². The molecule has 0 aliphatic carbocycles. The van der Waals surface area contributed by atoms with Crippen molar-refractivity contribution in [3.05, 3.63) is 35.4 Å². The lowest BCUT2D eigenvalue weighted by Gasteiger charge is -2.04. The molecule has 0 radical (unpaired) electrons. The summed E-state index contributed by atoms with van der Waals surface area (Å²) < 4.78 is 13.5. The molecular formula is C13H16FN3S. The van der Waals surface area contributed by atoms with Gasteiger partial charge in [0.2, 0.25) is 0 Å². The van der Waals surface area contributed by atoms with Crippen LogP contribution in [-0.4, -0.2) is 16.5 Å². The molecule has 0 amide bonds. The smallest absolute Gasteiger partial charge is 0.151 e. The highest BCUT2D eigenvalue weighted by atomic mass is 32.1. The van der Waals surface area contributed by atoms with Gasteiger partial charge in [-0.3, -0.25) is 4.98 Å². The summed E-state index contributed by atoms with van der Waals surface area (Å²) >= 11 is 1.51. The van der Waals surface area contributed by atoms with E-state index in [1.807, 2.05) is 0 Å². The SMILES string of the molecule is CC(C)CNCc1cnc(-c2ccncc2F)s1. The molecule has 18 heavy (non-hydrogen) atoms. The highest BCUT2D eigenvalue weighted by molar-refractivity contribution is 7.15. The third-order valence-corrected chi connectivity index (χ3v) is 3.44. The summed E-state index contributed by atoms with van der Waals surface area (Å²) in [6.45, 7) is 6.08. The lowest BCUT2D eigenvalue weighted by molar-refractivity contribution is 0.554. The van der Waals surface area contributed by atoms with Gasteiger partial charge in [0.05, 0.1) is 6.20 Å². The third kappa shape index (κ3) is 3.34. The van der Waals surface area contributed by atoms with Gasteiger partial charge < -0.3 is 5.32 Å². The van der Waals surface area contributed by atoms with Gasteiger partial charge in [-0.05, 0) is 18.5 Å². The Labute approximate surface area is 110 Å². The summed E-state index contributed by atoms with van der Waals surface area (Å²) in [5.74, 6) is 0.295. The Morgan fingerprint density at radius 2 is 2.22 bits per heavy atom. The molecule has 0 saturated carbocycles. The summed E-state index contributed by atoms with van der Waals surface area (Å²) in [5, 5.41) is 4.05. The van der Waals surface area contributed by atoms with E-state index < -0.39 is 0 Å². The van der Waals surface area contributed by atoms with Crippen LogP contribution in [-0.2, 0) is 6.54 Å². The Bertz CT molecular complexity index is 510. The molecule has 2 heterocycles. The molecule has 1 N–H and O–H groups in total. The van der Waals surface area contributed by atoms with Gasteiger partial charge in [-0.25, -0.2) is 9.37 Å². The maximum Gasteiger partial charge on any atom is 0.151 e. The molecule has 0 saturated heterocycles. The van der Waals surface area contributed by atoms with Crippen molar-refractivity contribution in [2.24, 2.45) is 5.92 Å². The van der Waals surface area contributed by atoms with Crippen LogP contribution in [0.5, 0.6) is 0 Å². The van der Waals surface area contributed by atoms with Crippen molar-refractivity contribution < 1.29 is 4.39 Å². The molecule has 0 fully saturated rings. The molecule has 0 unspecified atom stereocenters. The lowest BCUT2D eigenvalue weighted by atomic mass is 10.2. The number of hydrogen-bond acceptors (Lipinski definition) is 4. The van der Waals surface area contributed by atoms with Gasteiger partial charge in [-0.15, -0.1) is 11.3 Å². The van der Waals surface area contributed by atoms with Crippen molar-refractivity contribution in [2.45, 2.75) is 20.4 Å². The number of nitrogens with zero attached hydrogens (tertiary/aromatic N) is 2. The van der Waals surface area contributed by atoms with Crippen LogP contribution in [0.25, 0.3) is 10.6 Å². The zero-order valence-electron chi connectivity index (χ0n) is 10.5. The Balaban J connectivity index is 2.04. The zero-order chi connectivity index (χ0) is 13.0. The number of halogens is 1. The van der Waals surface area contributed by atoms with E-state index >= 15 is 0 Å². The van der Waals surface area contributed by atoms with E-state index in [0.29, 0.717) is 16.5 Å². The van der Waals surface area contributed by atoms with Gasteiger partial charge in [0, 0.05) is 29.4 Å². The van der Waals surface area contributed by atoms with Crippen molar-refractivity contribution in [1.82, 2.24) is 15.3 Å². The van der Waals surface area contributed by atoms with Crippen LogP contribution in [0.1, 0.15) is 18.7 Å². The zero-order valence-corrected chi connectivity index (χ0v) is 11.3. The van der Waals surface area contributed by atoms with Crippen LogP contribution in [0.4, 0.5) is 4.39 Å². The number of hydrogen-bond donors (Lipinski definition) is 1. The maximum absolute atomic E-state index is 13.5. The van der Waals surface area contributed by atoms with E-state index in [9.17, 15) is 4.39 Å². The van der Waals surface area contributed by atoms with Crippen LogP contribution in [0.15, 0.2) is 24.7 Å². The molecule has 0 spiro atoms. The maximum atomic E-state index is 13.5. The number of rotatable bonds is 5. The highest BCUT2D eigenvalue weighted by Gasteiger charge is 2.09. The first-order valence-corrected chi connectivity index (χ1v) is 6.73. The predicted octanol–water partition coefficient (Wildman–Crippen LogP) is 3.09. The number of nitrogens with one attached hydrogen (secondary N) is 1. The second kappa shape index (κ2) is 6.02. The largest absolute Gasteiger partial charge is 0.312 e. The van der Waals surface area contributed by atoms with Crippen LogP contribution in [0.3, 0.4) is 0 Å². The fourth-order valence-corrected chi connectivity index (χ4v) is 2.46. The fourth-order valence-electron chi connectivity index (χ4n) is 1.55. The van der Waals surface area contributed by atoms with E-state index in [1.165, 1.54) is 17.5 Å². The summed E-state index contributed by atoms with van der Waals surface area (Å²) in [4.78, 5) is 9.10. The first-order chi connectivity index (χ1) is 8.66. The molecule has 0 aliphatic heterocycles. The van der Waals surface area contributed by atoms with Crippen LogP contribution < -0.4 is 5.32 Å². The molecule has 0 aromatic carbocycles. The molecule has 0 bridgehead atoms. The van der Waals surface area contributed by atoms with E-state index in [2.05, 4.69) is 29.1 Å². The average molecular weight is 265 g/mol. The van der Waals surface area contributed by atoms with Gasteiger partial charge in [0.15, 0.2) is 5.82 Å². The Morgan fingerprint density at radius 3 is 2.94 bits per heavy atom. The molecule has 5 heteroatoms. The minimum atomic E-state index is -0.325. The van der Waals surface area contributed by atoms with Crippen LogP contribution >= 0.6 is 11.3 Å². The second-order valence-electron chi connectivity index (χ2n) is 4.51. The second-order valence-corrected chi connectivity index (χ2v) is 5.63. The lowest BCUT2D eigenvalue weighted by Crippen LogP contribution is -2.18. The predicted molar refractivity (Wildman–Crippen MR) is 71.8 cm³/mol. The summed E-state index contributed by atoms with van der Waals surface area (Å²) in [6.07, 6.45) is 4.59. The molecule has 96 valence electrons. The van der Waals surface area contributed by atoms with Crippen molar-refractivity contribution in [1.29, 1.82) is 0 Å². The normalized spacial score (nSPS) is 11.1. The number of thiazole rings is 1. The molecular weight excluding hydrogens is 249 g/mol. The van der Waals surface area contributed by atoms with Gasteiger partial charge in [0.1, 0.15) is 5.01 Å². The minimum Gasteiger partial charge on any atom is -0.312 e. The van der Waals surface area contributed by atoms with Crippen molar-refractivity contribution in [3.63, 3.8) is 0 Å².